The van der Waals surface area contributed by atoms with Gasteiger partial charge in [0.05, 0.1) is 0 Å². The summed E-state index contributed by atoms with van der Waals surface area (Å²) in [6, 6.07) is 6.43. The fraction of sp³-hybridized carbons (Fsp3) is 0.200. The number of benzene rings is 1. The fourth-order valence-electron chi connectivity index (χ4n) is 1.33. The van der Waals surface area contributed by atoms with Crippen molar-refractivity contribution in [3.05, 3.63) is 34.7 Å². The van der Waals surface area contributed by atoms with Gasteiger partial charge < -0.3 is 5.73 Å². The molecule has 1 aromatic heterocycles. The van der Waals surface area contributed by atoms with Crippen LogP contribution in [0.3, 0.4) is 0 Å². The molecular weight excluding hydrogens is 202 g/mol. The van der Waals surface area contributed by atoms with Crippen molar-refractivity contribution >= 4 is 33.8 Å². The lowest BCUT2D eigenvalue weighted by Gasteiger charge is -1.96. The topological polar surface area (TPSA) is 26.0 Å². The van der Waals surface area contributed by atoms with Crippen LogP contribution in [-0.4, -0.2) is 0 Å². The minimum Gasteiger partial charge on any atom is -0.326 e. The van der Waals surface area contributed by atoms with Gasteiger partial charge in [-0.3, -0.25) is 0 Å². The van der Waals surface area contributed by atoms with E-state index in [0.29, 0.717) is 6.54 Å². The molecular formula is C10H12ClNS. The smallest absolute Gasteiger partial charge is 0.0345 e. The Kier molecular flexibility index (Phi) is 3.31. The van der Waals surface area contributed by atoms with Gasteiger partial charge in [0.1, 0.15) is 0 Å². The van der Waals surface area contributed by atoms with E-state index in [1.807, 2.05) is 0 Å². The molecule has 1 nitrogen and oxygen atoms in total. The van der Waals surface area contributed by atoms with Gasteiger partial charge in [0.25, 0.3) is 0 Å². The van der Waals surface area contributed by atoms with Gasteiger partial charge in [-0.15, -0.1) is 23.7 Å². The third-order valence-corrected chi connectivity index (χ3v) is 3.15. The second kappa shape index (κ2) is 4.09. The molecule has 0 spiro atoms. The molecule has 0 unspecified atom stereocenters. The van der Waals surface area contributed by atoms with E-state index >= 15 is 0 Å². The molecule has 13 heavy (non-hydrogen) atoms. The molecule has 0 aliphatic carbocycles. The zero-order valence-electron chi connectivity index (χ0n) is 7.41. The maximum absolute atomic E-state index is 5.56. The summed E-state index contributed by atoms with van der Waals surface area (Å²) in [6.45, 7) is 2.77. The highest BCUT2D eigenvalue weighted by Crippen LogP contribution is 2.25. The summed E-state index contributed by atoms with van der Waals surface area (Å²) in [7, 11) is 0. The van der Waals surface area contributed by atoms with Crippen molar-refractivity contribution in [2.24, 2.45) is 5.73 Å². The average Bonchev–Trinajstić information content (AvgIpc) is 2.47. The van der Waals surface area contributed by atoms with Gasteiger partial charge in [-0.05, 0) is 40.9 Å². The molecule has 2 N–H and O–H groups in total. The summed E-state index contributed by atoms with van der Waals surface area (Å²) in [6.07, 6.45) is 0. The average molecular weight is 214 g/mol. The molecule has 2 rings (SSSR count). The SMILES string of the molecule is Cc1csc2ccc(CN)cc12.Cl. The number of halogens is 1. The van der Waals surface area contributed by atoms with Crippen LogP contribution in [0.4, 0.5) is 0 Å². The molecule has 0 saturated carbocycles. The molecule has 3 heteroatoms. The number of thiophene rings is 1. The van der Waals surface area contributed by atoms with Crippen LogP contribution in [0.15, 0.2) is 23.6 Å². The molecule has 0 amide bonds. The standard InChI is InChI=1S/C10H11NS.ClH/c1-7-6-12-10-3-2-8(5-11)4-9(7)10;/h2-4,6H,5,11H2,1H3;1H. The zero-order valence-corrected chi connectivity index (χ0v) is 9.04. The van der Waals surface area contributed by atoms with E-state index in [1.54, 1.807) is 11.3 Å². The van der Waals surface area contributed by atoms with Gasteiger partial charge in [-0.25, -0.2) is 0 Å². The van der Waals surface area contributed by atoms with Crippen LogP contribution in [0, 0.1) is 6.92 Å². The van der Waals surface area contributed by atoms with Crippen molar-refractivity contribution < 1.29 is 0 Å². The quantitative estimate of drug-likeness (QED) is 0.774. The molecule has 0 aliphatic heterocycles. The molecule has 0 atom stereocenters. The monoisotopic (exact) mass is 213 g/mol. The van der Waals surface area contributed by atoms with E-state index in [4.69, 9.17) is 5.73 Å². The van der Waals surface area contributed by atoms with Gasteiger partial charge in [0.15, 0.2) is 0 Å². The van der Waals surface area contributed by atoms with Crippen LogP contribution in [0.2, 0.25) is 0 Å². The molecule has 1 aromatic carbocycles. The highest BCUT2D eigenvalue weighted by atomic mass is 35.5. The number of fused-ring (bicyclic) bond motifs is 1. The van der Waals surface area contributed by atoms with Gasteiger partial charge in [0, 0.05) is 11.2 Å². The summed E-state index contributed by atoms with van der Waals surface area (Å²) in [5, 5.41) is 3.54. The van der Waals surface area contributed by atoms with Crippen LogP contribution >= 0.6 is 23.7 Å². The lowest BCUT2D eigenvalue weighted by molar-refractivity contribution is 1.08. The van der Waals surface area contributed by atoms with E-state index < -0.39 is 0 Å². The van der Waals surface area contributed by atoms with Gasteiger partial charge in [-0.1, -0.05) is 6.07 Å². The molecule has 0 aliphatic rings. The van der Waals surface area contributed by atoms with Crippen molar-refractivity contribution in [1.29, 1.82) is 0 Å². The minimum absolute atomic E-state index is 0. The van der Waals surface area contributed by atoms with Gasteiger partial charge >= 0.3 is 0 Å². The Hall–Kier alpha value is -0.570. The second-order valence-corrected chi connectivity index (χ2v) is 3.86. The van der Waals surface area contributed by atoms with Crippen molar-refractivity contribution in [1.82, 2.24) is 0 Å². The van der Waals surface area contributed by atoms with Crippen LogP contribution in [-0.2, 0) is 6.54 Å². The van der Waals surface area contributed by atoms with Crippen LogP contribution in [0.5, 0.6) is 0 Å². The van der Waals surface area contributed by atoms with Crippen molar-refractivity contribution in [2.75, 3.05) is 0 Å². The lowest BCUT2D eigenvalue weighted by atomic mass is 10.1. The van der Waals surface area contributed by atoms with Crippen LogP contribution in [0.1, 0.15) is 11.1 Å². The van der Waals surface area contributed by atoms with E-state index in [0.717, 1.165) is 0 Å². The van der Waals surface area contributed by atoms with Crippen molar-refractivity contribution in [2.45, 2.75) is 13.5 Å². The summed E-state index contributed by atoms with van der Waals surface area (Å²) < 4.78 is 1.35. The molecule has 0 radical (unpaired) electrons. The normalized spacial score (nSPS) is 10.0. The number of hydrogen-bond acceptors (Lipinski definition) is 2. The summed E-state index contributed by atoms with van der Waals surface area (Å²) in [5.74, 6) is 0. The summed E-state index contributed by atoms with van der Waals surface area (Å²) in [4.78, 5) is 0. The fourth-order valence-corrected chi connectivity index (χ4v) is 2.25. The number of rotatable bonds is 1. The maximum Gasteiger partial charge on any atom is 0.0345 e. The largest absolute Gasteiger partial charge is 0.326 e. The Bertz CT molecular complexity index is 408. The molecule has 1 heterocycles. The number of nitrogens with two attached hydrogens (primary N) is 1. The Morgan fingerprint density at radius 1 is 1.38 bits per heavy atom. The van der Waals surface area contributed by atoms with Crippen LogP contribution < -0.4 is 5.73 Å². The predicted octanol–water partition coefficient (Wildman–Crippen LogP) is 3.09. The third kappa shape index (κ3) is 1.85. The van der Waals surface area contributed by atoms with Gasteiger partial charge in [-0.2, -0.15) is 0 Å². The maximum atomic E-state index is 5.56. The molecule has 70 valence electrons. The molecule has 0 bridgehead atoms. The predicted molar refractivity (Wildman–Crippen MR) is 61.7 cm³/mol. The summed E-state index contributed by atoms with van der Waals surface area (Å²) in [5.41, 5.74) is 8.13. The highest BCUT2D eigenvalue weighted by molar-refractivity contribution is 7.17. The van der Waals surface area contributed by atoms with E-state index in [1.165, 1.54) is 21.2 Å². The first kappa shape index (κ1) is 10.5. The van der Waals surface area contributed by atoms with E-state index in [2.05, 4.69) is 30.5 Å². The van der Waals surface area contributed by atoms with Crippen molar-refractivity contribution in [3.63, 3.8) is 0 Å². The van der Waals surface area contributed by atoms with Gasteiger partial charge in [0.2, 0.25) is 0 Å². The Labute approximate surface area is 88.0 Å². The Balaban J connectivity index is 0.000000845. The van der Waals surface area contributed by atoms with Crippen LogP contribution in [0.25, 0.3) is 10.1 Å². The second-order valence-electron chi connectivity index (χ2n) is 2.95. The lowest BCUT2D eigenvalue weighted by Crippen LogP contribution is -1.94. The zero-order chi connectivity index (χ0) is 8.55. The van der Waals surface area contributed by atoms with E-state index in [9.17, 15) is 0 Å². The van der Waals surface area contributed by atoms with E-state index in [-0.39, 0.29) is 12.4 Å². The Morgan fingerprint density at radius 3 is 2.85 bits per heavy atom. The van der Waals surface area contributed by atoms with Crippen molar-refractivity contribution in [3.8, 4) is 0 Å². The first-order valence-electron chi connectivity index (χ1n) is 3.98. The molecule has 0 saturated heterocycles. The Morgan fingerprint density at radius 2 is 2.15 bits per heavy atom. The third-order valence-electron chi connectivity index (χ3n) is 2.07. The number of hydrogen-bond donors (Lipinski definition) is 1. The summed E-state index contributed by atoms with van der Waals surface area (Å²) >= 11 is 1.79. The minimum atomic E-state index is 0. The first-order chi connectivity index (χ1) is 5.81. The first-order valence-corrected chi connectivity index (χ1v) is 4.86. The highest BCUT2D eigenvalue weighted by Gasteiger charge is 1.99. The molecule has 2 aromatic rings. The molecule has 0 fully saturated rings. The number of aryl methyl sites for hydroxylation is 1.